The molecule has 2 N–H and O–H groups in total. The van der Waals surface area contributed by atoms with E-state index in [1.165, 1.54) is 11.8 Å². The molecule has 0 aromatic heterocycles. The van der Waals surface area contributed by atoms with Crippen LogP contribution in [0.1, 0.15) is 32.8 Å². The number of carboxylic acid groups (broad SMARTS) is 1. The predicted molar refractivity (Wildman–Crippen MR) is 145 cm³/mol. The summed E-state index contributed by atoms with van der Waals surface area (Å²) in [5.74, 6) is -1.35. The molecule has 3 aromatic carbocycles. The number of anilines is 1. The molecule has 7 heteroatoms. The highest BCUT2D eigenvalue weighted by Gasteiger charge is 2.36. The highest BCUT2D eigenvalue weighted by molar-refractivity contribution is 7.42. The van der Waals surface area contributed by atoms with Gasteiger partial charge in [0, 0.05) is 12.1 Å². The van der Waals surface area contributed by atoms with E-state index in [4.69, 9.17) is 0 Å². The third-order valence-corrected chi connectivity index (χ3v) is 7.22. The molecule has 36 heavy (non-hydrogen) atoms. The summed E-state index contributed by atoms with van der Waals surface area (Å²) < 4.78 is 12.9. The van der Waals surface area contributed by atoms with Crippen molar-refractivity contribution in [3.63, 3.8) is 0 Å². The van der Waals surface area contributed by atoms with Crippen LogP contribution >= 0.6 is 7.95 Å². The molecule has 0 aliphatic carbocycles. The number of carbonyl (C=O) groups is 2. The van der Waals surface area contributed by atoms with Crippen LogP contribution in [-0.4, -0.2) is 35.2 Å². The fourth-order valence-electron chi connectivity index (χ4n) is 4.06. The van der Waals surface area contributed by atoms with Crippen molar-refractivity contribution in [3.05, 3.63) is 90.5 Å². The molecule has 0 aliphatic heterocycles. The van der Waals surface area contributed by atoms with Crippen molar-refractivity contribution >= 4 is 25.5 Å². The van der Waals surface area contributed by atoms with Gasteiger partial charge in [0.25, 0.3) is 0 Å². The number of aliphatic carboxylic acids is 1. The first kappa shape index (κ1) is 27.3. The normalized spacial score (nSPS) is 13.2. The van der Waals surface area contributed by atoms with Gasteiger partial charge in [0.2, 0.25) is 5.91 Å². The number of carbonyl (C=O) groups excluding carboxylic acids is 1. The summed E-state index contributed by atoms with van der Waals surface area (Å²) in [7, 11) is -1.87. The van der Waals surface area contributed by atoms with E-state index < -0.39 is 31.9 Å². The molecule has 1 unspecified atom stereocenters. The van der Waals surface area contributed by atoms with E-state index in [0.717, 1.165) is 16.7 Å². The molecule has 0 saturated carbocycles. The maximum Gasteiger partial charge on any atom is 0.433 e. The zero-order valence-corrected chi connectivity index (χ0v) is 21.9. The highest BCUT2D eigenvalue weighted by atomic mass is 31.1. The summed E-state index contributed by atoms with van der Waals surface area (Å²) in [5.41, 5.74) is 3.57. The number of hydrogen-bond acceptors (Lipinski definition) is 3. The van der Waals surface area contributed by atoms with Crippen molar-refractivity contribution in [3.8, 4) is 11.1 Å². The molecule has 3 aromatic rings. The summed E-state index contributed by atoms with van der Waals surface area (Å²) in [6.45, 7) is 5.46. The van der Waals surface area contributed by atoms with Gasteiger partial charge in [-0.15, -0.1) is 0 Å². The molecule has 3 rings (SSSR count). The summed E-state index contributed by atoms with van der Waals surface area (Å²) in [4.78, 5) is 27.0. The van der Waals surface area contributed by atoms with E-state index in [9.17, 15) is 19.3 Å². The van der Waals surface area contributed by atoms with Gasteiger partial charge < -0.3 is 5.11 Å². The van der Waals surface area contributed by atoms with E-state index in [-0.39, 0.29) is 5.92 Å². The van der Waals surface area contributed by atoms with E-state index >= 15 is 0 Å². The molecule has 0 fully saturated rings. The van der Waals surface area contributed by atoms with Gasteiger partial charge in [0.15, 0.2) is 6.16 Å². The lowest BCUT2D eigenvalue weighted by Crippen LogP contribution is -2.51. The summed E-state index contributed by atoms with van der Waals surface area (Å²) in [6, 6.07) is 25.0. The van der Waals surface area contributed by atoms with E-state index in [0.29, 0.717) is 24.7 Å². The Hall–Kier alpha value is -3.34. The topological polar surface area (TPSA) is 86.7 Å². The highest BCUT2D eigenvalue weighted by Crippen LogP contribution is 2.27. The van der Waals surface area contributed by atoms with E-state index in [1.54, 1.807) is 12.1 Å². The zero-order chi connectivity index (χ0) is 26.1. The van der Waals surface area contributed by atoms with Gasteiger partial charge >= 0.3 is 13.9 Å². The summed E-state index contributed by atoms with van der Waals surface area (Å²) >= 11 is 0. The number of benzene rings is 3. The van der Waals surface area contributed by atoms with Crippen molar-refractivity contribution in [1.29, 1.82) is 0 Å². The van der Waals surface area contributed by atoms with Crippen LogP contribution in [0.3, 0.4) is 0 Å². The Morgan fingerprint density at radius 1 is 0.861 bits per heavy atom. The number of nitrogens with zero attached hydrogens (tertiary/aromatic N) is 1. The molecule has 0 heterocycles. The van der Waals surface area contributed by atoms with Crippen molar-refractivity contribution in [2.45, 2.75) is 45.7 Å². The van der Waals surface area contributed by atoms with Crippen LogP contribution in [0, 0.1) is 5.92 Å². The molecule has 3 atom stereocenters. The van der Waals surface area contributed by atoms with Crippen LogP contribution < -0.4 is 9.99 Å². The zero-order valence-electron chi connectivity index (χ0n) is 21.0. The Balaban J connectivity index is 1.82. The van der Waals surface area contributed by atoms with Gasteiger partial charge in [-0.1, -0.05) is 96.3 Å². The SMILES string of the molecule is CC(C)C[C@H](N[P+](=O)CCc1ccccc1)C(=O)N(c1ccc(-c2ccccc2)cc1)[C@@H](C)C(=O)O. The van der Waals surface area contributed by atoms with Crippen molar-refractivity contribution < 1.29 is 19.3 Å². The molecule has 6 nitrogen and oxygen atoms in total. The second-order valence-electron chi connectivity index (χ2n) is 9.28. The Bertz CT molecular complexity index is 1150. The predicted octanol–water partition coefficient (Wildman–Crippen LogP) is 6.15. The average Bonchev–Trinajstić information content (AvgIpc) is 2.88. The van der Waals surface area contributed by atoms with Gasteiger partial charge in [-0.25, -0.2) is 4.79 Å². The molecule has 0 spiro atoms. The largest absolute Gasteiger partial charge is 0.480 e. The van der Waals surface area contributed by atoms with Crippen molar-refractivity contribution in [2.24, 2.45) is 5.92 Å². The number of carboxylic acids is 1. The van der Waals surface area contributed by atoms with Crippen LogP contribution in [0.4, 0.5) is 5.69 Å². The van der Waals surface area contributed by atoms with Gasteiger partial charge in [-0.2, -0.15) is 0 Å². The second-order valence-corrected chi connectivity index (χ2v) is 10.7. The number of nitrogens with one attached hydrogen (secondary N) is 1. The van der Waals surface area contributed by atoms with Crippen LogP contribution in [0.25, 0.3) is 11.1 Å². The third kappa shape index (κ3) is 7.58. The van der Waals surface area contributed by atoms with Gasteiger partial charge in [-0.3, -0.25) is 9.69 Å². The van der Waals surface area contributed by atoms with Gasteiger partial charge in [-0.05, 0) is 48.1 Å². The van der Waals surface area contributed by atoms with Crippen LogP contribution in [0.2, 0.25) is 0 Å². The molecule has 0 radical (unpaired) electrons. The Labute approximate surface area is 214 Å². The van der Waals surface area contributed by atoms with E-state index in [1.807, 2.05) is 86.6 Å². The summed E-state index contributed by atoms with van der Waals surface area (Å²) in [5, 5.41) is 12.8. The fourth-order valence-corrected chi connectivity index (χ4v) is 5.21. The maximum absolute atomic E-state index is 13.8. The van der Waals surface area contributed by atoms with E-state index in [2.05, 4.69) is 5.09 Å². The lowest BCUT2D eigenvalue weighted by atomic mass is 10.0. The van der Waals surface area contributed by atoms with Gasteiger partial charge in [0.1, 0.15) is 12.1 Å². The maximum atomic E-state index is 13.8. The first-order valence-electron chi connectivity index (χ1n) is 12.2. The number of aryl methyl sites for hydroxylation is 1. The monoisotopic (exact) mass is 505 g/mol. The van der Waals surface area contributed by atoms with Gasteiger partial charge in [0.05, 0.1) is 0 Å². The number of hydrogen-bond donors (Lipinski definition) is 2. The Kier molecular flexibility index (Phi) is 9.92. The summed E-state index contributed by atoms with van der Waals surface area (Å²) in [6.07, 6.45) is 1.46. The average molecular weight is 506 g/mol. The molecule has 1 amide bonds. The Morgan fingerprint density at radius 2 is 1.42 bits per heavy atom. The fraction of sp³-hybridized carbons (Fsp3) is 0.310. The molecule has 0 aliphatic rings. The third-order valence-electron chi connectivity index (χ3n) is 5.99. The lowest BCUT2D eigenvalue weighted by molar-refractivity contribution is -0.139. The van der Waals surface area contributed by atoms with Crippen LogP contribution in [0.5, 0.6) is 0 Å². The van der Waals surface area contributed by atoms with Crippen LogP contribution in [0.15, 0.2) is 84.9 Å². The molecule has 0 saturated heterocycles. The number of amides is 1. The molecular formula is C29H34N2O4P+. The molecular weight excluding hydrogens is 471 g/mol. The minimum atomic E-state index is -1.87. The molecule has 0 bridgehead atoms. The smallest absolute Gasteiger partial charge is 0.433 e. The molecule has 188 valence electrons. The quantitative estimate of drug-likeness (QED) is 0.288. The first-order chi connectivity index (χ1) is 17.3. The minimum absolute atomic E-state index is 0.145. The standard InChI is InChI=1S/C29H33N2O4P/c1-21(2)20-27(30-36(35)19-18-23-10-6-4-7-11-23)28(32)31(22(3)29(33)34)26-16-14-25(15-17-26)24-12-8-5-9-13-24/h4-17,21-22,27H,18-20H2,1-3H3,(H-,30,33,34,35)/p+1/t22-,27-/m0/s1. The first-order valence-corrected chi connectivity index (χ1v) is 13.7. The minimum Gasteiger partial charge on any atom is -0.480 e. The van der Waals surface area contributed by atoms with Crippen molar-refractivity contribution in [1.82, 2.24) is 5.09 Å². The second kappa shape index (κ2) is 13.1. The van der Waals surface area contributed by atoms with Crippen LogP contribution in [-0.2, 0) is 20.6 Å². The van der Waals surface area contributed by atoms with Crippen molar-refractivity contribution in [2.75, 3.05) is 11.1 Å². The number of rotatable bonds is 12. The Morgan fingerprint density at radius 3 is 1.97 bits per heavy atom. The lowest BCUT2D eigenvalue weighted by Gasteiger charge is -2.30.